The van der Waals surface area contributed by atoms with Crippen LogP contribution in [0.15, 0.2) is 27.8 Å². The van der Waals surface area contributed by atoms with Crippen molar-refractivity contribution >= 4 is 40.3 Å². The van der Waals surface area contributed by atoms with E-state index in [0.29, 0.717) is 23.1 Å². The quantitative estimate of drug-likeness (QED) is 0.508. The number of aromatic amines is 1. The van der Waals surface area contributed by atoms with Crippen LogP contribution in [0.25, 0.3) is 11.2 Å². The lowest BCUT2D eigenvalue weighted by Crippen LogP contribution is -2.31. The molecule has 3 aromatic rings. The van der Waals surface area contributed by atoms with Crippen LogP contribution in [0.2, 0.25) is 10.0 Å². The highest BCUT2D eigenvalue weighted by atomic mass is 35.5. The van der Waals surface area contributed by atoms with Gasteiger partial charge in [0.05, 0.1) is 5.02 Å². The Kier molecular flexibility index (Phi) is 7.07. The minimum Gasteiger partial charge on any atom is -0.477 e. The van der Waals surface area contributed by atoms with E-state index in [1.807, 2.05) is 6.92 Å². The van der Waals surface area contributed by atoms with E-state index in [4.69, 9.17) is 32.7 Å². The van der Waals surface area contributed by atoms with E-state index in [0.717, 1.165) is 12.8 Å². The molecule has 0 amide bonds. The Balaban J connectivity index is 1.78. The summed E-state index contributed by atoms with van der Waals surface area (Å²) in [6.45, 7) is 3.74. The van der Waals surface area contributed by atoms with Crippen LogP contribution >= 0.6 is 23.2 Å². The number of H-pyrrole nitrogens is 1. The van der Waals surface area contributed by atoms with E-state index >= 15 is 0 Å². The Morgan fingerprint density at radius 3 is 2.71 bits per heavy atom. The maximum atomic E-state index is 12.4. The van der Waals surface area contributed by atoms with Gasteiger partial charge in [0.25, 0.3) is 5.56 Å². The fraction of sp³-hybridized carbons (Fsp3) is 0.400. The first kappa shape index (κ1) is 22.9. The van der Waals surface area contributed by atoms with E-state index in [9.17, 15) is 14.4 Å². The largest absolute Gasteiger partial charge is 0.477 e. The van der Waals surface area contributed by atoms with Gasteiger partial charge in [0.2, 0.25) is 0 Å². The molecule has 0 saturated carbocycles. The Labute approximate surface area is 187 Å². The minimum absolute atomic E-state index is 0.201. The van der Waals surface area contributed by atoms with Crippen molar-refractivity contribution in [1.82, 2.24) is 19.1 Å². The first-order chi connectivity index (χ1) is 14.7. The molecular weight excluding hydrogens is 447 g/mol. The molecule has 1 unspecified atom stereocenters. The molecule has 0 fully saturated rings. The van der Waals surface area contributed by atoms with Crippen LogP contribution in [0, 0.1) is 0 Å². The molecule has 0 radical (unpaired) electrons. The molecule has 0 bridgehead atoms. The first-order valence-electron chi connectivity index (χ1n) is 9.69. The van der Waals surface area contributed by atoms with Gasteiger partial charge in [-0.1, -0.05) is 36.5 Å². The number of hydrogen-bond donors (Lipinski definition) is 1. The number of esters is 1. The van der Waals surface area contributed by atoms with Gasteiger partial charge in [0.15, 0.2) is 17.3 Å². The van der Waals surface area contributed by atoms with E-state index in [1.165, 1.54) is 22.1 Å². The highest BCUT2D eigenvalue weighted by Gasteiger charge is 2.21. The summed E-state index contributed by atoms with van der Waals surface area (Å²) in [6, 6.07) is 4.66. The number of nitrogens with one attached hydrogen (secondary N) is 1. The molecule has 166 valence electrons. The van der Waals surface area contributed by atoms with E-state index in [1.54, 1.807) is 19.2 Å². The van der Waals surface area contributed by atoms with Crippen LogP contribution in [-0.2, 0) is 29.7 Å². The molecule has 0 spiro atoms. The summed E-state index contributed by atoms with van der Waals surface area (Å²) in [4.78, 5) is 43.5. The van der Waals surface area contributed by atoms with Crippen LogP contribution in [0.4, 0.5) is 0 Å². The lowest BCUT2D eigenvalue weighted by molar-refractivity contribution is -0.152. The summed E-state index contributed by atoms with van der Waals surface area (Å²) in [7, 11) is 1.62. The second kappa shape index (κ2) is 9.57. The molecule has 31 heavy (non-hydrogen) atoms. The van der Waals surface area contributed by atoms with Gasteiger partial charge in [-0.05, 0) is 31.5 Å². The molecule has 3 rings (SSSR count). The lowest BCUT2D eigenvalue weighted by Gasteiger charge is -2.15. The Morgan fingerprint density at radius 2 is 2.03 bits per heavy atom. The number of imidazole rings is 1. The Morgan fingerprint density at radius 1 is 1.29 bits per heavy atom. The molecule has 1 atom stereocenters. The number of ether oxygens (including phenoxy) is 2. The van der Waals surface area contributed by atoms with Gasteiger partial charge >= 0.3 is 11.7 Å². The van der Waals surface area contributed by atoms with Crippen LogP contribution in [0.5, 0.6) is 5.75 Å². The van der Waals surface area contributed by atoms with Crippen molar-refractivity contribution in [2.45, 2.75) is 45.9 Å². The molecule has 1 N–H and O–H groups in total. The molecular formula is C20H22Cl2N4O5. The number of aromatic nitrogens is 4. The zero-order chi connectivity index (χ0) is 22.7. The fourth-order valence-electron chi connectivity index (χ4n) is 3.01. The molecule has 11 heteroatoms. The Bertz CT molecular complexity index is 1230. The summed E-state index contributed by atoms with van der Waals surface area (Å²) in [5.74, 6) is -0.0264. The highest BCUT2D eigenvalue weighted by molar-refractivity contribution is 6.35. The zero-order valence-corrected chi connectivity index (χ0v) is 18.8. The minimum atomic E-state index is -0.945. The van der Waals surface area contributed by atoms with Crippen molar-refractivity contribution in [2.24, 2.45) is 7.05 Å². The molecule has 0 aliphatic carbocycles. The van der Waals surface area contributed by atoms with Crippen LogP contribution in [0.1, 0.15) is 32.5 Å². The van der Waals surface area contributed by atoms with E-state index < -0.39 is 23.3 Å². The van der Waals surface area contributed by atoms with Crippen molar-refractivity contribution in [3.8, 4) is 5.75 Å². The zero-order valence-electron chi connectivity index (χ0n) is 17.3. The average molecular weight is 469 g/mol. The van der Waals surface area contributed by atoms with E-state index in [2.05, 4.69) is 9.97 Å². The van der Waals surface area contributed by atoms with Gasteiger partial charge in [-0.2, -0.15) is 0 Å². The van der Waals surface area contributed by atoms with Crippen molar-refractivity contribution in [3.05, 3.63) is 54.9 Å². The van der Waals surface area contributed by atoms with Gasteiger partial charge in [-0.15, -0.1) is 0 Å². The number of unbranched alkanes of at least 4 members (excludes halogenated alkanes) is 1. The number of aryl methyl sites for hydroxylation is 2. The molecule has 0 saturated heterocycles. The third-order valence-electron chi connectivity index (χ3n) is 4.71. The number of hydrogen-bond acceptors (Lipinski definition) is 6. The van der Waals surface area contributed by atoms with E-state index in [-0.39, 0.29) is 22.8 Å². The molecule has 1 aromatic carbocycles. The van der Waals surface area contributed by atoms with Crippen molar-refractivity contribution in [1.29, 1.82) is 0 Å². The Hall–Kier alpha value is -2.78. The number of nitrogens with zero attached hydrogens (tertiary/aromatic N) is 3. The number of carbonyl (C=O) groups excluding carboxylic acids is 1. The van der Waals surface area contributed by atoms with Gasteiger partial charge in [0.1, 0.15) is 18.2 Å². The molecule has 0 aliphatic heterocycles. The fourth-order valence-corrected chi connectivity index (χ4v) is 3.46. The number of benzene rings is 1. The normalized spacial score (nSPS) is 12.2. The number of carbonyl (C=O) groups is 1. The van der Waals surface area contributed by atoms with Crippen LogP contribution in [0.3, 0.4) is 0 Å². The summed E-state index contributed by atoms with van der Waals surface area (Å²) >= 11 is 11.9. The number of rotatable bonds is 8. The third-order valence-corrected chi connectivity index (χ3v) is 5.24. The maximum Gasteiger partial charge on any atom is 0.347 e. The van der Waals surface area contributed by atoms with Gasteiger partial charge < -0.3 is 14.0 Å². The van der Waals surface area contributed by atoms with Gasteiger partial charge in [0, 0.05) is 18.6 Å². The van der Waals surface area contributed by atoms with Crippen molar-refractivity contribution < 1.29 is 14.3 Å². The van der Waals surface area contributed by atoms with Crippen molar-refractivity contribution in [2.75, 3.05) is 0 Å². The smallest absolute Gasteiger partial charge is 0.347 e. The standard InChI is InChI=1S/C20H22Cl2N4O5/c1-4-5-8-26-17-16(18(27)24-20(26)29)25(3)15(23-17)10-30-19(28)11(2)31-14-7-6-12(21)9-13(14)22/h6-7,9,11H,4-5,8,10H2,1-3H3,(H,24,27,29). The maximum absolute atomic E-state index is 12.4. The molecule has 0 aliphatic rings. The van der Waals surface area contributed by atoms with Crippen LogP contribution in [-0.4, -0.2) is 31.2 Å². The van der Waals surface area contributed by atoms with Gasteiger partial charge in [-0.25, -0.2) is 14.6 Å². The number of fused-ring (bicyclic) bond motifs is 1. The van der Waals surface area contributed by atoms with Gasteiger partial charge in [-0.3, -0.25) is 14.3 Å². The monoisotopic (exact) mass is 468 g/mol. The second-order valence-electron chi connectivity index (χ2n) is 6.97. The third kappa shape index (κ3) is 4.94. The predicted octanol–water partition coefficient (Wildman–Crippen LogP) is 3.04. The summed E-state index contributed by atoms with van der Waals surface area (Å²) in [5.41, 5.74) is -0.573. The summed E-state index contributed by atoms with van der Waals surface area (Å²) in [6.07, 6.45) is 0.684. The molecule has 2 heterocycles. The number of halogens is 2. The predicted molar refractivity (Wildman–Crippen MR) is 117 cm³/mol. The van der Waals surface area contributed by atoms with Crippen molar-refractivity contribution in [3.63, 3.8) is 0 Å². The summed E-state index contributed by atoms with van der Waals surface area (Å²) < 4.78 is 13.8. The van der Waals surface area contributed by atoms with Crippen LogP contribution < -0.4 is 16.0 Å². The topological polar surface area (TPSA) is 108 Å². The summed E-state index contributed by atoms with van der Waals surface area (Å²) in [5, 5.41) is 0.716. The molecule has 9 nitrogen and oxygen atoms in total. The lowest BCUT2D eigenvalue weighted by atomic mass is 10.3. The molecule has 2 aromatic heterocycles. The first-order valence-corrected chi connectivity index (χ1v) is 10.4. The highest BCUT2D eigenvalue weighted by Crippen LogP contribution is 2.28. The average Bonchev–Trinajstić information content (AvgIpc) is 3.04. The SMILES string of the molecule is CCCCn1c(=O)[nH]c(=O)c2c1nc(COC(=O)C(C)Oc1ccc(Cl)cc1Cl)n2C. The second-order valence-corrected chi connectivity index (χ2v) is 7.81.